The lowest BCUT2D eigenvalue weighted by Crippen LogP contribution is -2.32. The number of nitrogens with zero attached hydrogens (tertiary/aromatic N) is 1. The Morgan fingerprint density at radius 2 is 2.06 bits per heavy atom. The third kappa shape index (κ3) is 3.29. The van der Waals surface area contributed by atoms with Crippen LogP contribution < -0.4 is 5.73 Å². The van der Waals surface area contributed by atoms with Crippen molar-refractivity contribution in [1.82, 2.24) is 4.98 Å². The molecule has 1 unspecified atom stereocenters. The zero-order valence-electron chi connectivity index (χ0n) is 10.1. The van der Waals surface area contributed by atoms with E-state index in [0.29, 0.717) is 6.04 Å². The summed E-state index contributed by atoms with van der Waals surface area (Å²) in [6.07, 6.45) is 9.16. The van der Waals surface area contributed by atoms with Crippen LogP contribution in [0.25, 0.3) is 0 Å². The van der Waals surface area contributed by atoms with Crippen molar-refractivity contribution in [3.8, 4) is 0 Å². The van der Waals surface area contributed by atoms with Crippen molar-refractivity contribution in [1.29, 1.82) is 0 Å². The van der Waals surface area contributed by atoms with Gasteiger partial charge in [0.2, 0.25) is 0 Å². The van der Waals surface area contributed by atoms with Crippen LogP contribution in [0.2, 0.25) is 0 Å². The van der Waals surface area contributed by atoms with Crippen molar-refractivity contribution >= 4 is 11.3 Å². The van der Waals surface area contributed by atoms with E-state index in [1.807, 2.05) is 0 Å². The Morgan fingerprint density at radius 3 is 2.62 bits per heavy atom. The van der Waals surface area contributed by atoms with Crippen molar-refractivity contribution < 1.29 is 0 Å². The van der Waals surface area contributed by atoms with Crippen molar-refractivity contribution in [3.05, 3.63) is 16.1 Å². The Bertz CT molecular complexity index is 313. The summed E-state index contributed by atoms with van der Waals surface area (Å²) in [7, 11) is 0. The molecule has 3 heteroatoms. The zero-order valence-corrected chi connectivity index (χ0v) is 10.9. The molecular weight excluding hydrogens is 216 g/mol. The molecule has 0 radical (unpaired) electrons. The minimum atomic E-state index is 0.319. The second-order valence-electron chi connectivity index (χ2n) is 4.98. The Kier molecular flexibility index (Phi) is 4.36. The highest BCUT2D eigenvalue weighted by Crippen LogP contribution is 2.26. The molecule has 16 heavy (non-hydrogen) atoms. The third-order valence-corrected chi connectivity index (χ3v) is 4.44. The number of thiazole rings is 1. The van der Waals surface area contributed by atoms with E-state index < -0.39 is 0 Å². The largest absolute Gasteiger partial charge is 0.327 e. The van der Waals surface area contributed by atoms with E-state index in [0.717, 1.165) is 17.3 Å². The Labute approximate surface area is 102 Å². The number of aryl methyl sites for hydroxylation is 1. The molecular formula is C13H22N2S. The first-order chi connectivity index (χ1) is 7.75. The molecule has 0 spiro atoms. The first kappa shape index (κ1) is 12.1. The van der Waals surface area contributed by atoms with Gasteiger partial charge < -0.3 is 5.73 Å². The molecule has 90 valence electrons. The fourth-order valence-corrected chi connectivity index (χ4v) is 3.27. The third-order valence-electron chi connectivity index (χ3n) is 3.62. The summed E-state index contributed by atoms with van der Waals surface area (Å²) in [5.74, 6) is 0.726. The summed E-state index contributed by atoms with van der Waals surface area (Å²) >= 11 is 1.73. The molecule has 1 aliphatic rings. The van der Waals surface area contributed by atoms with E-state index in [9.17, 15) is 0 Å². The highest BCUT2D eigenvalue weighted by atomic mass is 32.1. The van der Waals surface area contributed by atoms with Crippen LogP contribution in [0.1, 0.15) is 49.2 Å². The summed E-state index contributed by atoms with van der Waals surface area (Å²) in [5, 5.41) is 3.31. The second kappa shape index (κ2) is 5.78. The molecule has 0 saturated heterocycles. The monoisotopic (exact) mass is 238 g/mol. The fraction of sp³-hybridized carbons (Fsp3) is 0.769. The van der Waals surface area contributed by atoms with E-state index in [1.165, 1.54) is 44.2 Å². The number of aromatic nitrogens is 1. The van der Waals surface area contributed by atoms with Crippen molar-refractivity contribution in [2.75, 3.05) is 0 Å². The molecule has 0 amide bonds. The van der Waals surface area contributed by atoms with Crippen LogP contribution in [0, 0.1) is 12.8 Å². The molecule has 2 N–H and O–H groups in total. The van der Waals surface area contributed by atoms with Gasteiger partial charge in [0.1, 0.15) is 0 Å². The molecule has 2 nitrogen and oxygen atoms in total. The number of nitrogens with two attached hydrogens (primary N) is 1. The lowest BCUT2D eigenvalue weighted by molar-refractivity contribution is 0.371. The van der Waals surface area contributed by atoms with Gasteiger partial charge in [0.05, 0.1) is 10.7 Å². The van der Waals surface area contributed by atoms with Crippen molar-refractivity contribution in [2.24, 2.45) is 11.7 Å². The maximum Gasteiger partial charge on any atom is 0.0897 e. The molecule has 1 aliphatic carbocycles. The summed E-state index contributed by atoms with van der Waals surface area (Å²) in [6.45, 7) is 2.06. The van der Waals surface area contributed by atoms with Gasteiger partial charge in [-0.2, -0.15) is 0 Å². The van der Waals surface area contributed by atoms with Gasteiger partial charge in [0.25, 0.3) is 0 Å². The number of hydrogen-bond acceptors (Lipinski definition) is 3. The van der Waals surface area contributed by atoms with Crippen LogP contribution >= 0.6 is 11.3 Å². The van der Waals surface area contributed by atoms with Gasteiger partial charge in [-0.3, -0.25) is 0 Å². The average Bonchev–Trinajstić information content (AvgIpc) is 2.56. The smallest absolute Gasteiger partial charge is 0.0897 e. The Hall–Kier alpha value is -0.410. The van der Waals surface area contributed by atoms with Crippen LogP contribution in [-0.2, 0) is 6.42 Å². The summed E-state index contributed by atoms with van der Waals surface area (Å²) < 4.78 is 0. The van der Waals surface area contributed by atoms with Crippen molar-refractivity contribution in [3.63, 3.8) is 0 Å². The van der Waals surface area contributed by atoms with Gasteiger partial charge in [-0.05, 0) is 25.7 Å². The maximum absolute atomic E-state index is 6.32. The first-order valence-electron chi connectivity index (χ1n) is 6.42. The maximum atomic E-state index is 6.32. The van der Waals surface area contributed by atoms with Gasteiger partial charge >= 0.3 is 0 Å². The van der Waals surface area contributed by atoms with Crippen LogP contribution in [0.5, 0.6) is 0 Å². The van der Waals surface area contributed by atoms with E-state index in [-0.39, 0.29) is 0 Å². The lowest BCUT2D eigenvalue weighted by Gasteiger charge is -2.21. The first-order valence-corrected chi connectivity index (χ1v) is 7.30. The fourth-order valence-electron chi connectivity index (χ4n) is 2.65. The van der Waals surface area contributed by atoms with E-state index in [1.54, 1.807) is 11.3 Å². The standard InChI is InChI=1S/C13H22N2S/c1-10-15-12(9-16-10)8-13(14)11-6-4-2-3-5-7-11/h9,11,13H,2-8,14H2,1H3. The predicted octanol–water partition coefficient (Wildman–Crippen LogP) is 3.29. The van der Waals surface area contributed by atoms with Gasteiger partial charge in [-0.15, -0.1) is 11.3 Å². The molecule has 0 bridgehead atoms. The van der Waals surface area contributed by atoms with E-state index in [2.05, 4.69) is 17.3 Å². The van der Waals surface area contributed by atoms with Crippen LogP contribution in [0.15, 0.2) is 5.38 Å². The minimum absolute atomic E-state index is 0.319. The van der Waals surface area contributed by atoms with E-state index in [4.69, 9.17) is 5.73 Å². The molecule has 1 aromatic heterocycles. The van der Waals surface area contributed by atoms with Crippen molar-refractivity contribution in [2.45, 2.75) is 57.9 Å². The molecule has 2 rings (SSSR count). The van der Waals surface area contributed by atoms with Gasteiger partial charge in [-0.1, -0.05) is 25.7 Å². The molecule has 1 heterocycles. The normalized spacial score (nSPS) is 20.6. The quantitative estimate of drug-likeness (QED) is 0.821. The molecule has 1 aromatic rings. The summed E-state index contributed by atoms with van der Waals surface area (Å²) in [4.78, 5) is 4.51. The number of rotatable bonds is 3. The minimum Gasteiger partial charge on any atom is -0.327 e. The molecule has 1 fully saturated rings. The van der Waals surface area contributed by atoms with Crippen LogP contribution in [0.4, 0.5) is 0 Å². The molecule has 0 aromatic carbocycles. The predicted molar refractivity (Wildman–Crippen MR) is 69.7 cm³/mol. The Balaban J connectivity index is 1.88. The van der Waals surface area contributed by atoms with Crippen LogP contribution in [0.3, 0.4) is 0 Å². The molecule has 1 atom stereocenters. The topological polar surface area (TPSA) is 38.9 Å². The average molecular weight is 238 g/mol. The lowest BCUT2D eigenvalue weighted by atomic mass is 9.90. The van der Waals surface area contributed by atoms with Gasteiger partial charge in [0.15, 0.2) is 0 Å². The highest BCUT2D eigenvalue weighted by Gasteiger charge is 2.20. The van der Waals surface area contributed by atoms with Gasteiger partial charge in [-0.25, -0.2) is 4.98 Å². The molecule has 0 aliphatic heterocycles. The summed E-state index contributed by atoms with van der Waals surface area (Å²) in [5.41, 5.74) is 7.52. The van der Waals surface area contributed by atoms with Crippen LogP contribution in [-0.4, -0.2) is 11.0 Å². The zero-order chi connectivity index (χ0) is 11.4. The summed E-state index contributed by atoms with van der Waals surface area (Å²) in [6, 6.07) is 0.319. The number of hydrogen-bond donors (Lipinski definition) is 1. The molecule has 1 saturated carbocycles. The Morgan fingerprint density at radius 1 is 1.38 bits per heavy atom. The highest BCUT2D eigenvalue weighted by molar-refractivity contribution is 7.09. The van der Waals surface area contributed by atoms with E-state index >= 15 is 0 Å². The SMILES string of the molecule is Cc1nc(CC(N)C2CCCCCC2)cs1. The van der Waals surface area contributed by atoms with Gasteiger partial charge in [0, 0.05) is 17.8 Å². The second-order valence-corrected chi connectivity index (χ2v) is 6.04.